The predicted octanol–water partition coefficient (Wildman–Crippen LogP) is 1.72. The van der Waals surface area contributed by atoms with Crippen LogP contribution in [0.25, 0.3) is 0 Å². The van der Waals surface area contributed by atoms with Crippen LogP contribution in [0.15, 0.2) is 0 Å². The summed E-state index contributed by atoms with van der Waals surface area (Å²) in [7, 11) is 0. The molecule has 3 nitrogen and oxygen atoms in total. The monoisotopic (exact) mass is 247 g/mol. The fraction of sp³-hybridized carbons (Fsp3) is 0.867. The molecule has 1 heterocycles. The number of amides is 1. The number of hydrogen-bond donors (Lipinski definition) is 0. The molecule has 0 N–H and O–H groups in total. The normalized spacial score (nSPS) is 49.4. The van der Waals surface area contributed by atoms with E-state index >= 15 is 0 Å². The van der Waals surface area contributed by atoms with Crippen LogP contribution in [0.4, 0.5) is 0 Å². The molecule has 1 aliphatic heterocycles. The van der Waals surface area contributed by atoms with Crippen molar-refractivity contribution in [2.45, 2.75) is 32.6 Å². The van der Waals surface area contributed by atoms with Crippen LogP contribution in [0.2, 0.25) is 0 Å². The Kier molecular flexibility index (Phi) is 2.19. The number of fused-ring (bicyclic) bond motifs is 5. The first-order valence-corrected chi connectivity index (χ1v) is 7.48. The van der Waals surface area contributed by atoms with Gasteiger partial charge in [-0.05, 0) is 42.9 Å². The van der Waals surface area contributed by atoms with Crippen molar-refractivity contribution in [2.75, 3.05) is 13.1 Å². The zero-order valence-electron chi connectivity index (χ0n) is 11.0. The Balaban J connectivity index is 1.45. The molecule has 4 aliphatic rings. The first-order valence-electron chi connectivity index (χ1n) is 7.48. The first-order chi connectivity index (χ1) is 8.66. The van der Waals surface area contributed by atoms with Gasteiger partial charge in [-0.1, -0.05) is 6.92 Å². The third kappa shape index (κ3) is 1.36. The average Bonchev–Trinajstić information content (AvgIpc) is 2.80. The van der Waals surface area contributed by atoms with E-state index in [0.29, 0.717) is 37.1 Å². The molecule has 5 unspecified atom stereocenters. The maximum Gasteiger partial charge on any atom is 0.226 e. The number of likely N-dealkylation sites (tertiary alicyclic amines) is 1. The number of carbonyl (C=O) groups excluding carboxylic acids is 2. The van der Waals surface area contributed by atoms with Crippen molar-refractivity contribution in [1.82, 2.24) is 4.90 Å². The number of Topliss-reactive ketones (excluding diaryl/α,β-unsaturated/α-hetero) is 1. The Morgan fingerprint density at radius 3 is 2.50 bits per heavy atom. The molecule has 4 fully saturated rings. The summed E-state index contributed by atoms with van der Waals surface area (Å²) in [4.78, 5) is 26.1. The molecule has 1 amide bonds. The van der Waals surface area contributed by atoms with Crippen molar-refractivity contribution in [1.29, 1.82) is 0 Å². The van der Waals surface area contributed by atoms with E-state index in [1.165, 1.54) is 19.3 Å². The van der Waals surface area contributed by atoms with Crippen molar-refractivity contribution < 1.29 is 9.59 Å². The maximum atomic E-state index is 12.6. The molecule has 0 aromatic rings. The van der Waals surface area contributed by atoms with Gasteiger partial charge in [0.25, 0.3) is 0 Å². The summed E-state index contributed by atoms with van der Waals surface area (Å²) in [6.45, 7) is 3.30. The highest BCUT2D eigenvalue weighted by Gasteiger charge is 2.68. The molecule has 3 heteroatoms. The first kappa shape index (κ1) is 11.0. The van der Waals surface area contributed by atoms with E-state index < -0.39 is 0 Å². The van der Waals surface area contributed by atoms with E-state index in [0.717, 1.165) is 23.7 Å². The van der Waals surface area contributed by atoms with Gasteiger partial charge in [-0.3, -0.25) is 9.59 Å². The van der Waals surface area contributed by atoms with Gasteiger partial charge in [0, 0.05) is 31.3 Å². The third-order valence-corrected chi connectivity index (χ3v) is 6.00. The quantitative estimate of drug-likeness (QED) is 0.707. The SMILES string of the molecule is CC1CN(C(=O)C2C3C4CCC(C4)C23)CCC1=O. The summed E-state index contributed by atoms with van der Waals surface area (Å²) in [5, 5.41) is 0. The number of hydrogen-bond acceptors (Lipinski definition) is 2. The van der Waals surface area contributed by atoms with Crippen LogP contribution in [0.3, 0.4) is 0 Å². The van der Waals surface area contributed by atoms with Crippen LogP contribution >= 0.6 is 0 Å². The van der Waals surface area contributed by atoms with Crippen molar-refractivity contribution in [3.8, 4) is 0 Å². The molecule has 0 aromatic heterocycles. The van der Waals surface area contributed by atoms with Gasteiger partial charge in [-0.2, -0.15) is 0 Å². The van der Waals surface area contributed by atoms with Crippen LogP contribution < -0.4 is 0 Å². The molecule has 0 aromatic carbocycles. The van der Waals surface area contributed by atoms with Gasteiger partial charge in [0.05, 0.1) is 0 Å². The second kappa shape index (κ2) is 3.58. The third-order valence-electron chi connectivity index (χ3n) is 6.00. The predicted molar refractivity (Wildman–Crippen MR) is 66.7 cm³/mol. The number of rotatable bonds is 1. The highest BCUT2D eigenvalue weighted by Crippen LogP contribution is 2.69. The fourth-order valence-corrected chi connectivity index (χ4v) is 5.08. The number of nitrogens with zero attached hydrogens (tertiary/aromatic N) is 1. The molecule has 4 rings (SSSR count). The van der Waals surface area contributed by atoms with Gasteiger partial charge >= 0.3 is 0 Å². The zero-order valence-corrected chi connectivity index (χ0v) is 11.0. The highest BCUT2D eigenvalue weighted by atomic mass is 16.2. The van der Waals surface area contributed by atoms with Gasteiger partial charge in [0.1, 0.15) is 5.78 Å². The molecule has 0 spiro atoms. The van der Waals surface area contributed by atoms with Gasteiger partial charge in [0.15, 0.2) is 0 Å². The lowest BCUT2D eigenvalue weighted by atomic mass is 9.96. The summed E-state index contributed by atoms with van der Waals surface area (Å²) in [6, 6.07) is 0. The van der Waals surface area contributed by atoms with E-state index in [2.05, 4.69) is 0 Å². The standard InChI is InChI=1S/C15H21NO2/c1-8-7-16(5-4-11(8)17)15(18)14-12-9-2-3-10(6-9)13(12)14/h8-10,12-14H,2-7H2,1H3. The Morgan fingerprint density at radius 1 is 1.22 bits per heavy atom. The van der Waals surface area contributed by atoms with E-state index in [9.17, 15) is 9.59 Å². The van der Waals surface area contributed by atoms with Crippen molar-refractivity contribution in [2.24, 2.45) is 35.5 Å². The average molecular weight is 247 g/mol. The Bertz CT molecular complexity index is 403. The fourth-order valence-electron chi connectivity index (χ4n) is 5.08. The van der Waals surface area contributed by atoms with Gasteiger partial charge in [-0.25, -0.2) is 0 Å². The number of ketones is 1. The Morgan fingerprint density at radius 2 is 1.89 bits per heavy atom. The summed E-state index contributed by atoms with van der Waals surface area (Å²) in [5.74, 6) is 4.27. The number of carbonyl (C=O) groups is 2. The largest absolute Gasteiger partial charge is 0.341 e. The minimum Gasteiger partial charge on any atom is -0.341 e. The van der Waals surface area contributed by atoms with Crippen LogP contribution in [0.5, 0.6) is 0 Å². The summed E-state index contributed by atoms with van der Waals surface area (Å²) in [5.41, 5.74) is 0. The minimum atomic E-state index is 0.0537. The number of piperidine rings is 1. The van der Waals surface area contributed by atoms with E-state index in [1.54, 1.807) is 0 Å². The maximum absolute atomic E-state index is 12.6. The van der Waals surface area contributed by atoms with E-state index in [1.807, 2.05) is 11.8 Å². The van der Waals surface area contributed by atoms with Gasteiger partial charge in [-0.15, -0.1) is 0 Å². The van der Waals surface area contributed by atoms with Crippen LogP contribution in [0.1, 0.15) is 32.6 Å². The lowest BCUT2D eigenvalue weighted by Gasteiger charge is -2.31. The molecular formula is C15H21NO2. The van der Waals surface area contributed by atoms with Crippen LogP contribution in [0, 0.1) is 35.5 Å². The molecule has 3 saturated carbocycles. The van der Waals surface area contributed by atoms with Crippen molar-refractivity contribution in [3.63, 3.8) is 0 Å². The molecule has 5 atom stereocenters. The Labute approximate surface area is 108 Å². The van der Waals surface area contributed by atoms with Crippen molar-refractivity contribution >= 4 is 11.7 Å². The molecular weight excluding hydrogens is 226 g/mol. The van der Waals surface area contributed by atoms with Gasteiger partial charge in [0.2, 0.25) is 5.91 Å². The molecule has 0 radical (unpaired) electrons. The topological polar surface area (TPSA) is 37.4 Å². The van der Waals surface area contributed by atoms with Crippen molar-refractivity contribution in [3.05, 3.63) is 0 Å². The lowest BCUT2D eigenvalue weighted by Crippen LogP contribution is -2.44. The van der Waals surface area contributed by atoms with E-state index in [-0.39, 0.29) is 5.92 Å². The Hall–Kier alpha value is -0.860. The summed E-state index contributed by atoms with van der Waals surface area (Å²) in [6.07, 6.45) is 4.70. The van der Waals surface area contributed by atoms with Crippen LogP contribution in [-0.4, -0.2) is 29.7 Å². The van der Waals surface area contributed by atoms with E-state index in [4.69, 9.17) is 0 Å². The second-order valence-corrected chi connectivity index (χ2v) is 6.92. The molecule has 1 saturated heterocycles. The van der Waals surface area contributed by atoms with Gasteiger partial charge < -0.3 is 4.90 Å². The zero-order chi connectivity index (χ0) is 12.4. The molecule has 18 heavy (non-hydrogen) atoms. The highest BCUT2D eigenvalue weighted by molar-refractivity contribution is 5.87. The lowest BCUT2D eigenvalue weighted by molar-refractivity contribution is -0.138. The molecule has 2 bridgehead atoms. The summed E-state index contributed by atoms with van der Waals surface area (Å²) < 4.78 is 0. The molecule has 98 valence electrons. The molecule has 3 aliphatic carbocycles. The summed E-state index contributed by atoms with van der Waals surface area (Å²) >= 11 is 0. The second-order valence-electron chi connectivity index (χ2n) is 6.92. The van der Waals surface area contributed by atoms with Crippen LogP contribution in [-0.2, 0) is 9.59 Å². The smallest absolute Gasteiger partial charge is 0.226 e. The minimum absolute atomic E-state index is 0.0537.